The van der Waals surface area contributed by atoms with Gasteiger partial charge in [-0.2, -0.15) is 0 Å². The van der Waals surface area contributed by atoms with Crippen LogP contribution in [0.25, 0.3) is 0 Å². The fourth-order valence-electron chi connectivity index (χ4n) is 2.71. The van der Waals surface area contributed by atoms with E-state index in [1.54, 1.807) is 0 Å². The van der Waals surface area contributed by atoms with Crippen molar-refractivity contribution in [1.29, 1.82) is 0 Å². The lowest BCUT2D eigenvalue weighted by Gasteiger charge is -2.18. The van der Waals surface area contributed by atoms with E-state index in [-0.39, 0.29) is 0 Å². The smallest absolute Gasteiger partial charge is 0.0386 e. The topological polar surface area (TPSA) is 0 Å². The fourth-order valence-corrected chi connectivity index (χ4v) is 2.71. The molecule has 1 aliphatic carbocycles. The van der Waals surface area contributed by atoms with Crippen LogP contribution in [-0.4, -0.2) is 0 Å². The molecule has 0 aromatic heterocycles. The van der Waals surface area contributed by atoms with Gasteiger partial charge in [-0.15, -0.1) is 0 Å². The second-order valence-corrected chi connectivity index (χ2v) is 4.38. The monoisotopic (exact) mass is 168 g/mol. The maximum absolute atomic E-state index is 2.33. The first-order valence-corrected chi connectivity index (χ1v) is 5.88. The van der Waals surface area contributed by atoms with E-state index in [0.717, 1.165) is 11.8 Å². The molecule has 0 heteroatoms. The summed E-state index contributed by atoms with van der Waals surface area (Å²) in [6.07, 6.45) is 11.8. The lowest BCUT2D eigenvalue weighted by molar-refractivity contribution is 0.333. The zero-order valence-electron chi connectivity index (χ0n) is 8.81. The lowest BCUT2D eigenvalue weighted by atomic mass is 9.88. The van der Waals surface area contributed by atoms with E-state index in [4.69, 9.17) is 0 Å². The van der Waals surface area contributed by atoms with Gasteiger partial charge in [0.2, 0.25) is 0 Å². The van der Waals surface area contributed by atoms with Crippen LogP contribution in [0.3, 0.4) is 0 Å². The minimum absolute atomic E-state index is 1.10. The van der Waals surface area contributed by atoms with E-state index in [1.807, 2.05) is 0 Å². The molecule has 1 fully saturated rings. The molecule has 0 bridgehead atoms. The van der Waals surface area contributed by atoms with Gasteiger partial charge in [-0.05, 0) is 11.8 Å². The van der Waals surface area contributed by atoms with Crippen LogP contribution < -0.4 is 0 Å². The van der Waals surface area contributed by atoms with Crippen molar-refractivity contribution in [2.24, 2.45) is 11.8 Å². The molecule has 1 saturated carbocycles. The Morgan fingerprint density at radius 3 is 2.17 bits per heavy atom. The molecule has 0 aromatic carbocycles. The number of unbranched alkanes of at least 4 members (excludes halogenated alkanes) is 1. The zero-order chi connectivity index (χ0) is 8.81. The van der Waals surface area contributed by atoms with Crippen LogP contribution in [0.1, 0.15) is 65.2 Å². The predicted molar refractivity (Wildman–Crippen MR) is 55.3 cm³/mol. The standard InChI is InChI=1S/C12H24/c1-3-5-8-12-10-6-9-11(12)7-4-2/h11-12H,3-10H2,1-2H3/t11-,12+/m1/s1. The van der Waals surface area contributed by atoms with Gasteiger partial charge in [0.1, 0.15) is 0 Å². The summed E-state index contributed by atoms with van der Waals surface area (Å²) in [6, 6.07) is 0. The van der Waals surface area contributed by atoms with Crippen LogP contribution in [-0.2, 0) is 0 Å². The number of hydrogen-bond donors (Lipinski definition) is 0. The maximum Gasteiger partial charge on any atom is -0.0386 e. The molecule has 1 rings (SSSR count). The molecule has 0 unspecified atom stereocenters. The molecule has 0 aromatic rings. The van der Waals surface area contributed by atoms with Gasteiger partial charge in [0.15, 0.2) is 0 Å². The van der Waals surface area contributed by atoms with Crippen molar-refractivity contribution < 1.29 is 0 Å². The number of hydrogen-bond acceptors (Lipinski definition) is 0. The molecule has 0 spiro atoms. The van der Waals surface area contributed by atoms with Crippen LogP contribution in [0.4, 0.5) is 0 Å². The Morgan fingerprint density at radius 1 is 0.917 bits per heavy atom. The van der Waals surface area contributed by atoms with Crippen molar-refractivity contribution in [3.05, 3.63) is 0 Å². The van der Waals surface area contributed by atoms with Crippen molar-refractivity contribution in [2.75, 3.05) is 0 Å². The molecule has 0 aliphatic heterocycles. The first-order valence-electron chi connectivity index (χ1n) is 5.88. The van der Waals surface area contributed by atoms with E-state index in [2.05, 4.69) is 13.8 Å². The summed E-state index contributed by atoms with van der Waals surface area (Å²) < 4.78 is 0. The molecular weight excluding hydrogens is 144 g/mol. The molecule has 1 aliphatic rings. The van der Waals surface area contributed by atoms with Crippen LogP contribution in [0.2, 0.25) is 0 Å². The van der Waals surface area contributed by atoms with Crippen molar-refractivity contribution in [3.8, 4) is 0 Å². The zero-order valence-corrected chi connectivity index (χ0v) is 8.81. The van der Waals surface area contributed by atoms with Gasteiger partial charge < -0.3 is 0 Å². The Labute approximate surface area is 77.7 Å². The van der Waals surface area contributed by atoms with Crippen LogP contribution in [0.5, 0.6) is 0 Å². The van der Waals surface area contributed by atoms with E-state index in [0.29, 0.717) is 0 Å². The van der Waals surface area contributed by atoms with Gasteiger partial charge in [-0.3, -0.25) is 0 Å². The van der Waals surface area contributed by atoms with Crippen molar-refractivity contribution in [2.45, 2.75) is 65.2 Å². The van der Waals surface area contributed by atoms with E-state index < -0.39 is 0 Å². The molecule has 0 saturated heterocycles. The van der Waals surface area contributed by atoms with Crippen molar-refractivity contribution in [1.82, 2.24) is 0 Å². The lowest BCUT2D eigenvalue weighted by Crippen LogP contribution is -2.07. The molecule has 0 nitrogen and oxygen atoms in total. The molecule has 0 radical (unpaired) electrons. The summed E-state index contributed by atoms with van der Waals surface area (Å²) >= 11 is 0. The highest BCUT2D eigenvalue weighted by Gasteiger charge is 2.25. The van der Waals surface area contributed by atoms with E-state index in [1.165, 1.54) is 51.4 Å². The predicted octanol–water partition coefficient (Wildman–Crippen LogP) is 4.39. The average Bonchev–Trinajstić information content (AvgIpc) is 2.50. The fraction of sp³-hybridized carbons (Fsp3) is 1.00. The van der Waals surface area contributed by atoms with Crippen LogP contribution in [0, 0.1) is 11.8 Å². The second-order valence-electron chi connectivity index (χ2n) is 4.38. The van der Waals surface area contributed by atoms with Crippen LogP contribution in [0.15, 0.2) is 0 Å². The Hall–Kier alpha value is 0. The molecule has 0 amide bonds. The van der Waals surface area contributed by atoms with E-state index in [9.17, 15) is 0 Å². The molecular formula is C12H24. The first-order chi connectivity index (χ1) is 5.88. The third kappa shape index (κ3) is 2.80. The number of rotatable bonds is 5. The van der Waals surface area contributed by atoms with Crippen molar-refractivity contribution in [3.63, 3.8) is 0 Å². The quantitative estimate of drug-likeness (QED) is 0.571. The second kappa shape index (κ2) is 5.61. The summed E-state index contributed by atoms with van der Waals surface area (Å²) in [6.45, 7) is 4.64. The Morgan fingerprint density at radius 2 is 1.58 bits per heavy atom. The Kier molecular flexibility index (Phi) is 4.72. The average molecular weight is 168 g/mol. The highest BCUT2D eigenvalue weighted by molar-refractivity contribution is 4.76. The molecule has 12 heavy (non-hydrogen) atoms. The largest absolute Gasteiger partial charge is 0.0654 e. The van der Waals surface area contributed by atoms with Gasteiger partial charge in [0, 0.05) is 0 Å². The van der Waals surface area contributed by atoms with Gasteiger partial charge >= 0.3 is 0 Å². The third-order valence-electron chi connectivity index (χ3n) is 3.40. The van der Waals surface area contributed by atoms with Crippen LogP contribution >= 0.6 is 0 Å². The normalized spacial score (nSPS) is 29.5. The van der Waals surface area contributed by atoms with Gasteiger partial charge in [-0.25, -0.2) is 0 Å². The van der Waals surface area contributed by atoms with Gasteiger partial charge in [0.25, 0.3) is 0 Å². The van der Waals surface area contributed by atoms with Gasteiger partial charge in [-0.1, -0.05) is 65.2 Å². The highest BCUT2D eigenvalue weighted by Crippen LogP contribution is 2.37. The summed E-state index contributed by atoms with van der Waals surface area (Å²) in [4.78, 5) is 0. The van der Waals surface area contributed by atoms with E-state index >= 15 is 0 Å². The highest BCUT2D eigenvalue weighted by atomic mass is 14.3. The molecule has 0 N–H and O–H groups in total. The Balaban J connectivity index is 2.20. The summed E-state index contributed by atoms with van der Waals surface area (Å²) in [5.74, 6) is 2.20. The molecule has 72 valence electrons. The summed E-state index contributed by atoms with van der Waals surface area (Å²) in [5, 5.41) is 0. The summed E-state index contributed by atoms with van der Waals surface area (Å²) in [5.41, 5.74) is 0. The minimum Gasteiger partial charge on any atom is -0.0654 e. The Bertz CT molecular complexity index is 107. The van der Waals surface area contributed by atoms with Gasteiger partial charge in [0.05, 0.1) is 0 Å². The first kappa shape index (κ1) is 10.1. The summed E-state index contributed by atoms with van der Waals surface area (Å²) in [7, 11) is 0. The third-order valence-corrected chi connectivity index (χ3v) is 3.40. The molecule has 2 atom stereocenters. The molecule has 0 heterocycles. The van der Waals surface area contributed by atoms with Crippen molar-refractivity contribution >= 4 is 0 Å². The maximum atomic E-state index is 2.33. The minimum atomic E-state index is 1.10. The SMILES string of the molecule is CCCC[C@H]1CCC[C@H]1CCC.